The molecule has 2 aliphatic heterocycles. The number of hydrogen-bond acceptors (Lipinski definition) is 3. The maximum absolute atomic E-state index is 12.2. The van der Waals surface area contributed by atoms with Crippen molar-refractivity contribution in [1.29, 1.82) is 0 Å². The van der Waals surface area contributed by atoms with E-state index in [4.69, 9.17) is 0 Å². The van der Waals surface area contributed by atoms with Gasteiger partial charge in [-0.05, 0) is 56.0 Å². The lowest BCUT2D eigenvalue weighted by molar-refractivity contribution is -0.116. The molecule has 0 bridgehead atoms. The molecule has 2 atom stereocenters. The molecule has 3 rings (SSSR count). The number of nitrogens with one attached hydrogen (secondary N) is 3. The molecule has 6 heteroatoms. The Labute approximate surface area is 149 Å². The van der Waals surface area contributed by atoms with Gasteiger partial charge in [-0.2, -0.15) is 0 Å². The first-order valence-electron chi connectivity index (χ1n) is 9.24. The standard InChI is InChI=1S/C19H28N4O2/c1-3-23-9-8-14(12-23)11-20-19(25)21-13(2)15-4-6-17-16(10-15)5-7-18(24)22-17/h4,6,10,13-14H,3,5,7-9,11-12H2,1-2H3,(H,22,24)(H2,20,21,25)/t13-,14-/m1/s1. The topological polar surface area (TPSA) is 73.5 Å². The van der Waals surface area contributed by atoms with E-state index in [9.17, 15) is 9.59 Å². The van der Waals surface area contributed by atoms with Crippen molar-refractivity contribution in [1.82, 2.24) is 15.5 Å². The van der Waals surface area contributed by atoms with E-state index in [2.05, 4.69) is 33.8 Å². The number of carbonyl (C=O) groups excluding carboxylic acids is 2. The van der Waals surface area contributed by atoms with Gasteiger partial charge in [-0.15, -0.1) is 0 Å². The summed E-state index contributed by atoms with van der Waals surface area (Å²) in [5.41, 5.74) is 3.08. The van der Waals surface area contributed by atoms with Crippen LogP contribution >= 0.6 is 0 Å². The maximum atomic E-state index is 12.2. The highest BCUT2D eigenvalue weighted by Crippen LogP contribution is 2.26. The molecule has 1 aromatic rings. The van der Waals surface area contributed by atoms with Crippen molar-refractivity contribution in [2.45, 2.75) is 39.2 Å². The van der Waals surface area contributed by atoms with Gasteiger partial charge in [0, 0.05) is 25.2 Å². The zero-order valence-corrected chi connectivity index (χ0v) is 15.1. The molecule has 3 amide bonds. The van der Waals surface area contributed by atoms with E-state index < -0.39 is 0 Å². The van der Waals surface area contributed by atoms with Gasteiger partial charge in [0.25, 0.3) is 0 Å². The number of likely N-dealkylation sites (tertiary alicyclic amines) is 1. The fourth-order valence-electron chi connectivity index (χ4n) is 3.61. The third kappa shape index (κ3) is 4.51. The van der Waals surface area contributed by atoms with Crippen LogP contribution in [-0.4, -0.2) is 43.0 Å². The molecule has 25 heavy (non-hydrogen) atoms. The molecule has 0 aromatic heterocycles. The van der Waals surface area contributed by atoms with Crippen LogP contribution in [0.4, 0.5) is 10.5 Å². The second kappa shape index (κ2) is 7.87. The maximum Gasteiger partial charge on any atom is 0.315 e. The van der Waals surface area contributed by atoms with Gasteiger partial charge in [-0.25, -0.2) is 4.79 Å². The predicted molar refractivity (Wildman–Crippen MR) is 98.6 cm³/mol. The fraction of sp³-hybridized carbons (Fsp3) is 0.579. The second-order valence-electron chi connectivity index (χ2n) is 7.09. The molecule has 136 valence electrons. The molecule has 0 aliphatic carbocycles. The Balaban J connectivity index is 1.49. The van der Waals surface area contributed by atoms with E-state index >= 15 is 0 Å². The Morgan fingerprint density at radius 3 is 3.00 bits per heavy atom. The zero-order valence-electron chi connectivity index (χ0n) is 15.1. The van der Waals surface area contributed by atoms with Crippen LogP contribution in [0.3, 0.4) is 0 Å². The lowest BCUT2D eigenvalue weighted by Crippen LogP contribution is -2.40. The first-order valence-corrected chi connectivity index (χ1v) is 9.24. The number of anilines is 1. The minimum absolute atomic E-state index is 0.0688. The summed E-state index contributed by atoms with van der Waals surface area (Å²) in [6.07, 6.45) is 2.43. The largest absolute Gasteiger partial charge is 0.338 e. The van der Waals surface area contributed by atoms with Gasteiger partial charge in [0.1, 0.15) is 0 Å². The normalized spacial score (nSPS) is 21.4. The lowest BCUT2D eigenvalue weighted by Gasteiger charge is -2.21. The van der Waals surface area contributed by atoms with Crippen molar-refractivity contribution in [2.75, 3.05) is 31.5 Å². The Bertz CT molecular complexity index is 646. The van der Waals surface area contributed by atoms with E-state index in [0.29, 0.717) is 12.3 Å². The van der Waals surface area contributed by atoms with Crippen molar-refractivity contribution >= 4 is 17.6 Å². The number of nitrogens with zero attached hydrogens (tertiary/aromatic N) is 1. The SMILES string of the molecule is CCN1CC[C@H](CNC(=O)N[C@H](C)c2ccc3c(c2)CCC(=O)N3)C1. The number of urea groups is 1. The van der Waals surface area contributed by atoms with E-state index in [1.54, 1.807) is 0 Å². The van der Waals surface area contributed by atoms with Gasteiger partial charge in [-0.3, -0.25) is 4.79 Å². The van der Waals surface area contributed by atoms with Crippen molar-refractivity contribution < 1.29 is 9.59 Å². The van der Waals surface area contributed by atoms with Crippen LogP contribution in [0.5, 0.6) is 0 Å². The Hall–Kier alpha value is -2.08. The Morgan fingerprint density at radius 1 is 1.40 bits per heavy atom. The summed E-state index contributed by atoms with van der Waals surface area (Å²) in [5.74, 6) is 0.618. The summed E-state index contributed by atoms with van der Waals surface area (Å²) >= 11 is 0. The zero-order chi connectivity index (χ0) is 17.8. The highest BCUT2D eigenvalue weighted by atomic mass is 16.2. The van der Waals surface area contributed by atoms with Crippen LogP contribution in [-0.2, 0) is 11.2 Å². The van der Waals surface area contributed by atoms with Gasteiger partial charge in [0.2, 0.25) is 5.91 Å². The van der Waals surface area contributed by atoms with Crippen LogP contribution in [0.1, 0.15) is 43.9 Å². The number of benzene rings is 1. The van der Waals surface area contributed by atoms with Gasteiger partial charge < -0.3 is 20.9 Å². The van der Waals surface area contributed by atoms with E-state index in [1.165, 1.54) is 0 Å². The Kier molecular flexibility index (Phi) is 5.58. The van der Waals surface area contributed by atoms with E-state index in [0.717, 1.165) is 55.8 Å². The summed E-state index contributed by atoms with van der Waals surface area (Å²) in [7, 11) is 0. The second-order valence-corrected chi connectivity index (χ2v) is 7.09. The van der Waals surface area contributed by atoms with Crippen LogP contribution in [0.15, 0.2) is 18.2 Å². The fourth-order valence-corrected chi connectivity index (χ4v) is 3.61. The Morgan fingerprint density at radius 2 is 2.24 bits per heavy atom. The highest BCUT2D eigenvalue weighted by Gasteiger charge is 2.22. The molecule has 6 nitrogen and oxygen atoms in total. The number of amides is 3. The molecule has 2 heterocycles. The molecule has 1 saturated heterocycles. The number of rotatable bonds is 5. The number of fused-ring (bicyclic) bond motifs is 1. The molecule has 1 aromatic carbocycles. The highest BCUT2D eigenvalue weighted by molar-refractivity contribution is 5.93. The minimum atomic E-state index is -0.117. The molecule has 1 fully saturated rings. The van der Waals surface area contributed by atoms with Crippen LogP contribution in [0.2, 0.25) is 0 Å². The van der Waals surface area contributed by atoms with Gasteiger partial charge in [0.15, 0.2) is 0 Å². The molecule has 3 N–H and O–H groups in total. The smallest absolute Gasteiger partial charge is 0.315 e. The molecule has 0 spiro atoms. The summed E-state index contributed by atoms with van der Waals surface area (Å²) in [6.45, 7) is 8.17. The molecular formula is C19H28N4O2. The lowest BCUT2D eigenvalue weighted by atomic mass is 9.98. The quantitative estimate of drug-likeness (QED) is 0.767. The predicted octanol–water partition coefficient (Wildman–Crippen LogP) is 2.27. The van der Waals surface area contributed by atoms with Gasteiger partial charge >= 0.3 is 6.03 Å². The number of hydrogen-bond donors (Lipinski definition) is 3. The van der Waals surface area contributed by atoms with Crippen LogP contribution < -0.4 is 16.0 Å². The summed E-state index contributed by atoms with van der Waals surface area (Å²) in [5, 5.41) is 8.90. The third-order valence-corrected chi connectivity index (χ3v) is 5.24. The summed E-state index contributed by atoms with van der Waals surface area (Å²) in [6, 6.07) is 5.78. The van der Waals surface area contributed by atoms with E-state index in [-0.39, 0.29) is 18.0 Å². The first kappa shape index (κ1) is 17.7. The van der Waals surface area contributed by atoms with Gasteiger partial charge in [-0.1, -0.05) is 19.1 Å². The third-order valence-electron chi connectivity index (χ3n) is 5.24. The molecular weight excluding hydrogens is 316 g/mol. The molecule has 0 unspecified atom stereocenters. The van der Waals surface area contributed by atoms with Crippen LogP contribution in [0, 0.1) is 5.92 Å². The van der Waals surface area contributed by atoms with Gasteiger partial charge in [0.05, 0.1) is 6.04 Å². The number of aryl methyl sites for hydroxylation is 1. The molecule has 0 saturated carbocycles. The molecule has 0 radical (unpaired) electrons. The monoisotopic (exact) mass is 344 g/mol. The van der Waals surface area contributed by atoms with Crippen molar-refractivity contribution in [2.24, 2.45) is 5.92 Å². The molecule has 2 aliphatic rings. The van der Waals surface area contributed by atoms with Crippen molar-refractivity contribution in [3.63, 3.8) is 0 Å². The van der Waals surface area contributed by atoms with E-state index in [1.807, 2.05) is 19.1 Å². The average Bonchev–Trinajstić information content (AvgIpc) is 3.07. The minimum Gasteiger partial charge on any atom is -0.338 e. The summed E-state index contributed by atoms with van der Waals surface area (Å²) < 4.78 is 0. The van der Waals surface area contributed by atoms with Crippen LogP contribution in [0.25, 0.3) is 0 Å². The number of carbonyl (C=O) groups is 2. The average molecular weight is 344 g/mol. The van der Waals surface area contributed by atoms with Crippen molar-refractivity contribution in [3.8, 4) is 0 Å². The first-order chi connectivity index (χ1) is 12.0. The summed E-state index contributed by atoms with van der Waals surface area (Å²) in [4.78, 5) is 26.0. The van der Waals surface area contributed by atoms with Crippen molar-refractivity contribution in [3.05, 3.63) is 29.3 Å².